The summed E-state index contributed by atoms with van der Waals surface area (Å²) >= 11 is 12.0. The first-order chi connectivity index (χ1) is 13.5. The number of nitrogens with zero attached hydrogens (tertiary/aromatic N) is 3. The molecule has 0 saturated carbocycles. The van der Waals surface area contributed by atoms with Gasteiger partial charge in [-0.2, -0.15) is 4.98 Å². The second-order valence-electron chi connectivity index (χ2n) is 6.42. The van der Waals surface area contributed by atoms with E-state index in [4.69, 9.17) is 27.7 Å². The molecule has 0 aliphatic rings. The minimum Gasteiger partial charge on any atom is -0.351 e. The molecule has 0 unspecified atom stereocenters. The number of aromatic nitrogens is 3. The molecular weight excluding hydrogens is 399 g/mol. The van der Waals surface area contributed by atoms with E-state index in [0.717, 1.165) is 16.6 Å². The van der Waals surface area contributed by atoms with Crippen molar-refractivity contribution in [2.24, 2.45) is 0 Å². The van der Waals surface area contributed by atoms with Gasteiger partial charge >= 0.3 is 0 Å². The predicted octanol–water partition coefficient (Wildman–Crippen LogP) is 4.84. The number of halogens is 2. The molecule has 0 radical (unpaired) electrons. The summed E-state index contributed by atoms with van der Waals surface area (Å²) in [5.41, 5.74) is 2.20. The van der Waals surface area contributed by atoms with Crippen molar-refractivity contribution in [1.82, 2.24) is 20.0 Å². The van der Waals surface area contributed by atoms with Gasteiger partial charge in [-0.3, -0.25) is 4.79 Å². The Morgan fingerprint density at radius 1 is 1.14 bits per heavy atom. The summed E-state index contributed by atoms with van der Waals surface area (Å²) in [4.78, 5) is 21.7. The van der Waals surface area contributed by atoms with E-state index < -0.39 is 0 Å². The molecule has 4 aromatic rings. The average molecular weight is 415 g/mol. The van der Waals surface area contributed by atoms with Crippen LogP contribution in [0.15, 0.2) is 53.1 Å². The van der Waals surface area contributed by atoms with Crippen LogP contribution in [0.3, 0.4) is 0 Å². The molecule has 2 aromatic carbocycles. The smallest absolute Gasteiger partial charge is 0.274 e. The monoisotopic (exact) mass is 414 g/mol. The molecule has 2 heterocycles. The normalized spacial score (nSPS) is 11.1. The molecule has 1 amide bonds. The lowest BCUT2D eigenvalue weighted by Gasteiger charge is -2.16. The van der Waals surface area contributed by atoms with Crippen LogP contribution >= 0.6 is 23.2 Å². The third kappa shape index (κ3) is 3.88. The molecule has 0 spiro atoms. The number of rotatable bonds is 5. The van der Waals surface area contributed by atoms with Gasteiger partial charge in [0.2, 0.25) is 0 Å². The summed E-state index contributed by atoms with van der Waals surface area (Å²) < 4.78 is 5.36. The Hall–Kier alpha value is -2.83. The minimum absolute atomic E-state index is 0.112. The quantitative estimate of drug-likeness (QED) is 0.506. The van der Waals surface area contributed by atoms with Crippen molar-refractivity contribution in [2.45, 2.75) is 6.42 Å². The Morgan fingerprint density at radius 3 is 2.79 bits per heavy atom. The van der Waals surface area contributed by atoms with Crippen LogP contribution in [0, 0.1) is 0 Å². The number of amides is 1. The van der Waals surface area contributed by atoms with E-state index >= 15 is 0 Å². The van der Waals surface area contributed by atoms with Crippen LogP contribution in [0.2, 0.25) is 10.0 Å². The van der Waals surface area contributed by atoms with Crippen LogP contribution in [0.4, 0.5) is 0 Å². The summed E-state index contributed by atoms with van der Waals surface area (Å²) in [6, 6.07) is 14.4. The molecule has 0 atom stereocenters. The van der Waals surface area contributed by atoms with Crippen molar-refractivity contribution in [3.63, 3.8) is 0 Å². The Balaban J connectivity index is 1.43. The summed E-state index contributed by atoms with van der Waals surface area (Å²) in [5.74, 6) is 0.808. The zero-order chi connectivity index (χ0) is 19.7. The van der Waals surface area contributed by atoms with Gasteiger partial charge < -0.3 is 14.4 Å². The number of aromatic amines is 1. The molecule has 28 heavy (non-hydrogen) atoms. The lowest BCUT2D eigenvalue weighted by Crippen LogP contribution is -2.29. The zero-order valence-corrected chi connectivity index (χ0v) is 16.5. The van der Waals surface area contributed by atoms with Crippen LogP contribution in [-0.4, -0.2) is 39.5 Å². The minimum atomic E-state index is -0.112. The van der Waals surface area contributed by atoms with E-state index in [1.54, 1.807) is 36.2 Å². The third-order valence-electron chi connectivity index (χ3n) is 4.37. The zero-order valence-electron chi connectivity index (χ0n) is 14.9. The standard InChI is InChI=1S/C20H16Cl2N4O2/c1-26(20(27)12-3-2-4-14(21)9-12)8-7-18-24-19(28-25-18)17-11-13-10-15(22)5-6-16(13)23-17/h2-6,9-11,23H,7-8H2,1H3. The van der Waals surface area contributed by atoms with E-state index in [2.05, 4.69) is 15.1 Å². The number of benzene rings is 2. The predicted molar refractivity (Wildman–Crippen MR) is 109 cm³/mol. The second-order valence-corrected chi connectivity index (χ2v) is 7.29. The number of hydrogen-bond acceptors (Lipinski definition) is 4. The van der Waals surface area contributed by atoms with Gasteiger partial charge in [0, 0.05) is 46.5 Å². The van der Waals surface area contributed by atoms with Gasteiger partial charge in [0.05, 0.1) is 0 Å². The first-order valence-electron chi connectivity index (χ1n) is 8.62. The van der Waals surface area contributed by atoms with E-state index in [9.17, 15) is 4.79 Å². The van der Waals surface area contributed by atoms with Crippen molar-refractivity contribution in [2.75, 3.05) is 13.6 Å². The molecule has 8 heteroatoms. The maximum atomic E-state index is 12.5. The van der Waals surface area contributed by atoms with Gasteiger partial charge in [0.15, 0.2) is 5.82 Å². The van der Waals surface area contributed by atoms with Gasteiger partial charge in [-0.15, -0.1) is 0 Å². The number of H-pyrrole nitrogens is 1. The molecule has 6 nitrogen and oxygen atoms in total. The Morgan fingerprint density at radius 2 is 1.96 bits per heavy atom. The summed E-state index contributed by atoms with van der Waals surface area (Å²) in [6.45, 7) is 0.451. The maximum absolute atomic E-state index is 12.5. The van der Waals surface area contributed by atoms with Crippen molar-refractivity contribution in [3.8, 4) is 11.6 Å². The molecule has 142 valence electrons. The molecule has 0 aliphatic carbocycles. The number of carbonyl (C=O) groups is 1. The van der Waals surface area contributed by atoms with Crippen LogP contribution in [0.5, 0.6) is 0 Å². The number of hydrogen-bond donors (Lipinski definition) is 1. The topological polar surface area (TPSA) is 75.0 Å². The largest absolute Gasteiger partial charge is 0.351 e. The molecule has 1 N–H and O–H groups in total. The van der Waals surface area contributed by atoms with Gasteiger partial charge in [-0.25, -0.2) is 0 Å². The molecule has 0 saturated heterocycles. The van der Waals surface area contributed by atoms with Crippen LogP contribution in [-0.2, 0) is 6.42 Å². The number of likely N-dealkylation sites (N-methyl/N-ethyl adjacent to an activating group) is 1. The molecule has 4 rings (SSSR count). The number of carbonyl (C=O) groups excluding carboxylic acids is 1. The van der Waals surface area contributed by atoms with E-state index in [-0.39, 0.29) is 5.91 Å². The maximum Gasteiger partial charge on any atom is 0.274 e. The molecule has 2 aromatic heterocycles. The summed E-state index contributed by atoms with van der Waals surface area (Å²) in [7, 11) is 1.73. The van der Waals surface area contributed by atoms with E-state index in [0.29, 0.717) is 40.3 Å². The fourth-order valence-corrected chi connectivity index (χ4v) is 3.27. The highest BCUT2D eigenvalue weighted by Gasteiger charge is 2.15. The number of fused-ring (bicyclic) bond motifs is 1. The van der Waals surface area contributed by atoms with E-state index in [1.807, 2.05) is 24.3 Å². The average Bonchev–Trinajstić information content (AvgIpc) is 3.31. The van der Waals surface area contributed by atoms with Crippen LogP contribution in [0.25, 0.3) is 22.5 Å². The molecular formula is C20H16Cl2N4O2. The SMILES string of the molecule is CN(CCc1noc(-c2cc3cc(Cl)ccc3[nH]2)n1)C(=O)c1cccc(Cl)c1. The van der Waals surface area contributed by atoms with Gasteiger partial charge in [-0.05, 0) is 42.5 Å². The van der Waals surface area contributed by atoms with Crippen molar-refractivity contribution in [3.05, 3.63) is 70.0 Å². The Bertz CT molecular complexity index is 1150. The van der Waals surface area contributed by atoms with Crippen LogP contribution < -0.4 is 0 Å². The van der Waals surface area contributed by atoms with Gasteiger partial charge in [0.1, 0.15) is 5.69 Å². The molecule has 0 fully saturated rings. The number of nitrogens with one attached hydrogen (secondary N) is 1. The summed E-state index contributed by atoms with van der Waals surface area (Å²) in [5, 5.41) is 6.17. The lowest BCUT2D eigenvalue weighted by molar-refractivity contribution is 0.0796. The Labute approximate surface area is 171 Å². The van der Waals surface area contributed by atoms with E-state index in [1.165, 1.54) is 0 Å². The van der Waals surface area contributed by atoms with Crippen molar-refractivity contribution >= 4 is 40.0 Å². The highest BCUT2D eigenvalue weighted by molar-refractivity contribution is 6.31. The third-order valence-corrected chi connectivity index (χ3v) is 4.84. The first-order valence-corrected chi connectivity index (χ1v) is 9.37. The second kappa shape index (κ2) is 7.66. The highest BCUT2D eigenvalue weighted by Crippen LogP contribution is 2.25. The van der Waals surface area contributed by atoms with Crippen LogP contribution in [0.1, 0.15) is 16.2 Å². The first kappa shape index (κ1) is 18.5. The van der Waals surface area contributed by atoms with Crippen molar-refractivity contribution in [1.29, 1.82) is 0 Å². The fourth-order valence-electron chi connectivity index (χ4n) is 2.89. The van der Waals surface area contributed by atoms with Gasteiger partial charge in [0.25, 0.3) is 11.8 Å². The summed E-state index contributed by atoms with van der Waals surface area (Å²) in [6.07, 6.45) is 0.471. The fraction of sp³-hybridized carbons (Fsp3) is 0.150. The highest BCUT2D eigenvalue weighted by atomic mass is 35.5. The van der Waals surface area contributed by atoms with Crippen molar-refractivity contribution < 1.29 is 9.32 Å². The Kier molecular flexibility index (Phi) is 5.07. The van der Waals surface area contributed by atoms with Gasteiger partial charge in [-0.1, -0.05) is 34.4 Å². The molecule has 0 bridgehead atoms. The lowest BCUT2D eigenvalue weighted by atomic mass is 10.2. The molecule has 0 aliphatic heterocycles.